The van der Waals surface area contributed by atoms with E-state index in [1.807, 2.05) is 42.3 Å². The molecule has 0 saturated heterocycles. The molecule has 1 aromatic heterocycles. The summed E-state index contributed by atoms with van der Waals surface area (Å²) in [5, 5.41) is 11.4. The first kappa shape index (κ1) is 12.7. The van der Waals surface area contributed by atoms with Gasteiger partial charge in [0.15, 0.2) is 11.9 Å². The minimum atomic E-state index is -0.539. The Morgan fingerprint density at radius 1 is 1.35 bits per heavy atom. The van der Waals surface area contributed by atoms with Crippen LogP contribution in [0.2, 0.25) is 0 Å². The molecular weight excluding hydrogens is 258 g/mol. The van der Waals surface area contributed by atoms with Gasteiger partial charge in [-0.3, -0.25) is 4.90 Å². The summed E-state index contributed by atoms with van der Waals surface area (Å²) < 4.78 is 7.02. The summed E-state index contributed by atoms with van der Waals surface area (Å²) in [4.78, 5) is 14.2. The topological polar surface area (TPSA) is 73.1 Å². The molecule has 1 aromatic carbocycles. The second-order valence-electron chi connectivity index (χ2n) is 4.74. The zero-order valence-corrected chi connectivity index (χ0v) is 11.1. The quantitative estimate of drug-likeness (QED) is 0.754. The molecule has 0 bridgehead atoms. The van der Waals surface area contributed by atoms with Crippen molar-refractivity contribution in [1.29, 1.82) is 0 Å². The smallest absolute Gasteiger partial charge is 0.331 e. The number of fused-ring (bicyclic) bond motifs is 1. The predicted molar refractivity (Wildman–Crippen MR) is 69.4 cm³/mol. The Balaban J connectivity index is 1.71. The molecule has 104 valence electrons. The van der Waals surface area contributed by atoms with Crippen molar-refractivity contribution in [1.82, 2.24) is 25.1 Å². The molecule has 1 aliphatic rings. The number of carbonyl (C=O) groups is 1. The predicted octanol–water partition coefficient (Wildman–Crippen LogP) is 0.403. The highest BCUT2D eigenvalue weighted by Crippen LogP contribution is 2.22. The van der Waals surface area contributed by atoms with E-state index in [1.165, 1.54) is 0 Å². The summed E-state index contributed by atoms with van der Waals surface area (Å²) in [7, 11) is 1.87. The third-order valence-corrected chi connectivity index (χ3v) is 3.36. The van der Waals surface area contributed by atoms with E-state index >= 15 is 0 Å². The number of hydrogen-bond acceptors (Lipinski definition) is 6. The Bertz CT molecular complexity index is 598. The molecule has 7 heteroatoms. The first-order valence-electron chi connectivity index (χ1n) is 6.42. The first-order valence-corrected chi connectivity index (χ1v) is 6.42. The molecule has 1 aliphatic heterocycles. The van der Waals surface area contributed by atoms with Crippen LogP contribution in [0.1, 0.15) is 17.4 Å². The van der Waals surface area contributed by atoms with Crippen LogP contribution in [-0.2, 0) is 22.7 Å². The van der Waals surface area contributed by atoms with Gasteiger partial charge in [-0.15, -0.1) is 5.10 Å². The lowest BCUT2D eigenvalue weighted by Crippen LogP contribution is -2.40. The number of rotatable bonds is 3. The number of esters is 1. The highest BCUT2D eigenvalue weighted by atomic mass is 16.5. The largest absolute Gasteiger partial charge is 0.459 e. The van der Waals surface area contributed by atoms with Gasteiger partial charge < -0.3 is 4.74 Å². The molecule has 0 saturated carbocycles. The van der Waals surface area contributed by atoms with Crippen LogP contribution < -0.4 is 0 Å². The van der Waals surface area contributed by atoms with Crippen molar-refractivity contribution in [2.45, 2.75) is 19.2 Å². The summed E-state index contributed by atoms with van der Waals surface area (Å²) in [5.41, 5.74) is 0.957. The zero-order valence-electron chi connectivity index (χ0n) is 11.1. The van der Waals surface area contributed by atoms with E-state index in [2.05, 4.69) is 15.5 Å². The Hall–Kier alpha value is -2.28. The average Bonchev–Trinajstić information content (AvgIpc) is 2.94. The fourth-order valence-electron chi connectivity index (χ4n) is 2.24. The van der Waals surface area contributed by atoms with Crippen molar-refractivity contribution in [3.8, 4) is 0 Å². The van der Waals surface area contributed by atoms with Crippen molar-refractivity contribution < 1.29 is 9.53 Å². The maximum absolute atomic E-state index is 12.3. The maximum atomic E-state index is 12.3. The van der Waals surface area contributed by atoms with Crippen LogP contribution in [0.5, 0.6) is 0 Å². The van der Waals surface area contributed by atoms with E-state index in [9.17, 15) is 4.79 Å². The van der Waals surface area contributed by atoms with Gasteiger partial charge in [-0.1, -0.05) is 30.3 Å². The maximum Gasteiger partial charge on any atom is 0.331 e. The lowest BCUT2D eigenvalue weighted by Gasteiger charge is -2.29. The van der Waals surface area contributed by atoms with E-state index in [4.69, 9.17) is 4.74 Å². The van der Waals surface area contributed by atoms with Crippen LogP contribution in [0.4, 0.5) is 0 Å². The van der Waals surface area contributed by atoms with Crippen LogP contribution in [0.3, 0.4) is 0 Å². The number of ether oxygens (including phenoxy) is 1. The highest BCUT2D eigenvalue weighted by molar-refractivity contribution is 5.76. The minimum Gasteiger partial charge on any atom is -0.459 e. The Morgan fingerprint density at radius 2 is 2.15 bits per heavy atom. The van der Waals surface area contributed by atoms with Crippen LogP contribution in [0.15, 0.2) is 30.3 Å². The van der Waals surface area contributed by atoms with E-state index in [-0.39, 0.29) is 12.6 Å². The van der Waals surface area contributed by atoms with Gasteiger partial charge in [0, 0.05) is 6.54 Å². The summed E-state index contributed by atoms with van der Waals surface area (Å²) in [6, 6.07) is 9.05. The highest BCUT2D eigenvalue weighted by Gasteiger charge is 2.35. The van der Waals surface area contributed by atoms with Gasteiger partial charge in [0.25, 0.3) is 0 Å². The van der Waals surface area contributed by atoms with Crippen molar-refractivity contribution >= 4 is 5.97 Å². The van der Waals surface area contributed by atoms with E-state index < -0.39 is 6.04 Å². The number of benzene rings is 1. The van der Waals surface area contributed by atoms with Gasteiger partial charge >= 0.3 is 5.97 Å². The van der Waals surface area contributed by atoms with Crippen LogP contribution in [-0.4, -0.2) is 44.7 Å². The lowest BCUT2D eigenvalue weighted by atomic mass is 10.2. The normalized spacial score (nSPS) is 18.6. The number of aromatic nitrogens is 4. The summed E-state index contributed by atoms with van der Waals surface area (Å²) in [6.07, 6.45) is 0. The van der Waals surface area contributed by atoms with Gasteiger partial charge in [0.05, 0.1) is 6.54 Å². The molecule has 2 aromatic rings. The summed E-state index contributed by atoms with van der Waals surface area (Å²) in [5.74, 6) is 0.212. The fraction of sp³-hybridized carbons (Fsp3) is 0.385. The van der Waals surface area contributed by atoms with Gasteiger partial charge in [-0.25, -0.2) is 9.48 Å². The van der Waals surface area contributed by atoms with Gasteiger partial charge in [0.1, 0.15) is 6.61 Å². The molecule has 20 heavy (non-hydrogen) atoms. The molecule has 0 spiro atoms. The molecule has 1 atom stereocenters. The van der Waals surface area contributed by atoms with Crippen molar-refractivity contribution in [2.24, 2.45) is 0 Å². The molecule has 2 heterocycles. The Morgan fingerprint density at radius 3 is 2.95 bits per heavy atom. The number of tetrazole rings is 1. The molecule has 0 radical (unpaired) electrons. The molecule has 0 amide bonds. The average molecular weight is 273 g/mol. The first-order chi connectivity index (χ1) is 9.75. The van der Waals surface area contributed by atoms with Crippen LogP contribution in [0.25, 0.3) is 0 Å². The molecule has 0 aliphatic carbocycles. The van der Waals surface area contributed by atoms with Crippen molar-refractivity contribution in [3.05, 3.63) is 41.7 Å². The Kier molecular flexibility index (Phi) is 3.42. The lowest BCUT2D eigenvalue weighted by molar-refractivity contribution is -0.152. The number of nitrogens with zero attached hydrogens (tertiary/aromatic N) is 5. The number of hydrogen-bond donors (Lipinski definition) is 0. The SMILES string of the molecule is CN1CCn2nnnc2C1C(=O)OCc1ccccc1. The molecular formula is C13H15N5O2. The molecule has 3 rings (SSSR count). The second-order valence-corrected chi connectivity index (χ2v) is 4.74. The minimum absolute atomic E-state index is 0.256. The second kappa shape index (κ2) is 5.38. The monoisotopic (exact) mass is 273 g/mol. The van der Waals surface area contributed by atoms with Crippen molar-refractivity contribution in [2.75, 3.05) is 13.6 Å². The third kappa shape index (κ3) is 2.39. The van der Waals surface area contributed by atoms with E-state index in [1.54, 1.807) is 4.68 Å². The van der Waals surface area contributed by atoms with Gasteiger partial charge in [-0.2, -0.15) is 0 Å². The number of likely N-dealkylation sites (N-methyl/N-ethyl adjacent to an activating group) is 1. The molecule has 0 N–H and O–H groups in total. The summed E-state index contributed by atoms with van der Waals surface area (Å²) >= 11 is 0. The fourth-order valence-corrected chi connectivity index (χ4v) is 2.24. The number of carbonyl (C=O) groups excluding carboxylic acids is 1. The van der Waals surface area contributed by atoms with E-state index in [0.717, 1.165) is 5.56 Å². The van der Waals surface area contributed by atoms with Crippen molar-refractivity contribution in [3.63, 3.8) is 0 Å². The third-order valence-electron chi connectivity index (χ3n) is 3.36. The van der Waals surface area contributed by atoms with Crippen LogP contribution >= 0.6 is 0 Å². The molecule has 1 unspecified atom stereocenters. The van der Waals surface area contributed by atoms with Gasteiger partial charge in [0.2, 0.25) is 0 Å². The van der Waals surface area contributed by atoms with Gasteiger partial charge in [-0.05, 0) is 23.0 Å². The summed E-state index contributed by atoms with van der Waals surface area (Å²) in [6.45, 7) is 1.65. The molecule has 0 fully saturated rings. The Labute approximate surface area is 116 Å². The van der Waals surface area contributed by atoms with Crippen LogP contribution in [0, 0.1) is 0 Å². The molecule has 7 nitrogen and oxygen atoms in total. The standard InChI is InChI=1S/C13H15N5O2/c1-17-7-8-18-12(14-15-16-18)11(17)13(19)20-9-10-5-3-2-4-6-10/h2-6,11H,7-9H2,1H3. The zero-order chi connectivity index (χ0) is 13.9. The van der Waals surface area contributed by atoms with E-state index in [0.29, 0.717) is 18.9 Å².